The van der Waals surface area contributed by atoms with Crippen molar-refractivity contribution < 1.29 is 4.79 Å². The van der Waals surface area contributed by atoms with E-state index in [1.165, 1.54) is 19.3 Å². The van der Waals surface area contributed by atoms with Gasteiger partial charge in [-0.1, -0.05) is 0 Å². The molecule has 4 N–H and O–H groups in total. The van der Waals surface area contributed by atoms with Gasteiger partial charge in [-0.2, -0.15) is 0 Å². The molecule has 1 amide bonds. The second-order valence-corrected chi connectivity index (χ2v) is 4.34. The van der Waals surface area contributed by atoms with Gasteiger partial charge < -0.3 is 11.5 Å². The Morgan fingerprint density at radius 1 is 1.33 bits per heavy atom. The van der Waals surface area contributed by atoms with E-state index in [-0.39, 0.29) is 5.91 Å². The summed E-state index contributed by atoms with van der Waals surface area (Å²) in [6.07, 6.45) is 4.79. The summed E-state index contributed by atoms with van der Waals surface area (Å²) in [6.45, 7) is 0. The van der Waals surface area contributed by atoms with Crippen molar-refractivity contribution in [3.63, 3.8) is 0 Å². The molecule has 0 heterocycles. The van der Waals surface area contributed by atoms with Gasteiger partial charge in [-0.3, -0.25) is 4.79 Å². The SMILES string of the molecule is NC(=O)[C@H](N)CC1CC2C[C@@H]2C1. The van der Waals surface area contributed by atoms with Gasteiger partial charge in [-0.25, -0.2) is 0 Å². The highest BCUT2D eigenvalue weighted by Gasteiger charge is 2.45. The fourth-order valence-corrected chi connectivity index (χ4v) is 2.51. The highest BCUT2D eigenvalue weighted by molar-refractivity contribution is 5.79. The Bertz CT molecular complexity index is 195. The van der Waals surface area contributed by atoms with Crippen LogP contribution in [0.1, 0.15) is 25.7 Å². The molecule has 2 aliphatic carbocycles. The van der Waals surface area contributed by atoms with Gasteiger partial charge in [0.25, 0.3) is 0 Å². The minimum absolute atomic E-state index is 0.351. The molecule has 0 aliphatic heterocycles. The molecule has 0 bridgehead atoms. The quantitative estimate of drug-likeness (QED) is 0.633. The van der Waals surface area contributed by atoms with Crippen LogP contribution >= 0.6 is 0 Å². The minimum Gasteiger partial charge on any atom is -0.368 e. The van der Waals surface area contributed by atoms with Crippen molar-refractivity contribution in [1.29, 1.82) is 0 Å². The number of rotatable bonds is 3. The molecule has 4 atom stereocenters. The Kier molecular flexibility index (Phi) is 1.83. The maximum atomic E-state index is 10.7. The Morgan fingerprint density at radius 2 is 1.92 bits per heavy atom. The number of nitrogens with two attached hydrogens (primary N) is 2. The summed E-state index contributed by atoms with van der Waals surface area (Å²) in [5, 5.41) is 0. The maximum Gasteiger partial charge on any atom is 0.234 e. The lowest BCUT2D eigenvalue weighted by Gasteiger charge is -2.14. The highest BCUT2D eigenvalue weighted by Crippen LogP contribution is 2.55. The summed E-state index contributed by atoms with van der Waals surface area (Å²) in [4.78, 5) is 10.7. The summed E-state index contributed by atoms with van der Waals surface area (Å²) in [6, 6.07) is -0.410. The van der Waals surface area contributed by atoms with Gasteiger partial charge in [0.2, 0.25) is 5.91 Å². The van der Waals surface area contributed by atoms with Crippen molar-refractivity contribution in [2.45, 2.75) is 31.7 Å². The van der Waals surface area contributed by atoms with E-state index >= 15 is 0 Å². The Labute approximate surface area is 72.5 Å². The largest absolute Gasteiger partial charge is 0.368 e. The number of carbonyl (C=O) groups excluding carboxylic acids is 1. The number of carbonyl (C=O) groups is 1. The molecule has 2 rings (SSSR count). The van der Waals surface area contributed by atoms with E-state index in [1.54, 1.807) is 0 Å². The number of hydrogen-bond donors (Lipinski definition) is 2. The first kappa shape index (κ1) is 8.05. The molecule has 0 aromatic rings. The van der Waals surface area contributed by atoms with E-state index in [9.17, 15) is 4.79 Å². The third kappa shape index (κ3) is 1.46. The molecule has 2 aliphatic rings. The van der Waals surface area contributed by atoms with Crippen molar-refractivity contribution >= 4 is 5.91 Å². The normalized spacial score (nSPS) is 40.6. The highest BCUT2D eigenvalue weighted by atomic mass is 16.1. The minimum atomic E-state index is -0.410. The van der Waals surface area contributed by atoms with E-state index in [0.717, 1.165) is 18.3 Å². The van der Waals surface area contributed by atoms with Gasteiger partial charge in [-0.05, 0) is 43.4 Å². The standard InChI is InChI=1S/C9H16N2O/c10-8(9(11)12)3-5-1-6-4-7(6)2-5/h5-8H,1-4,10H2,(H2,11,12)/t5?,6-,7?,8+/m0/s1. The molecule has 12 heavy (non-hydrogen) atoms. The van der Waals surface area contributed by atoms with Crippen LogP contribution in [0, 0.1) is 17.8 Å². The fraction of sp³-hybridized carbons (Fsp3) is 0.889. The molecule has 0 spiro atoms. The van der Waals surface area contributed by atoms with Gasteiger partial charge in [0.05, 0.1) is 6.04 Å². The molecule has 2 saturated carbocycles. The van der Waals surface area contributed by atoms with E-state index < -0.39 is 6.04 Å². The Morgan fingerprint density at radius 3 is 2.42 bits per heavy atom. The molecule has 0 saturated heterocycles. The first-order valence-electron chi connectivity index (χ1n) is 4.71. The van der Waals surface area contributed by atoms with E-state index in [2.05, 4.69) is 0 Å². The number of amides is 1. The lowest BCUT2D eigenvalue weighted by atomic mass is 9.95. The van der Waals surface area contributed by atoms with Crippen molar-refractivity contribution in [2.75, 3.05) is 0 Å². The van der Waals surface area contributed by atoms with Crippen LogP contribution in [0.25, 0.3) is 0 Å². The average molecular weight is 168 g/mol. The van der Waals surface area contributed by atoms with Crippen molar-refractivity contribution in [2.24, 2.45) is 29.2 Å². The third-order valence-corrected chi connectivity index (χ3v) is 3.29. The molecular formula is C9H16N2O. The monoisotopic (exact) mass is 168 g/mol. The number of hydrogen-bond acceptors (Lipinski definition) is 2. The van der Waals surface area contributed by atoms with Gasteiger partial charge in [0.1, 0.15) is 0 Å². The van der Waals surface area contributed by atoms with E-state index in [0.29, 0.717) is 5.92 Å². The first-order chi connectivity index (χ1) is 5.66. The summed E-state index contributed by atoms with van der Waals surface area (Å²) in [5.74, 6) is 2.26. The number of primary amides is 1. The second-order valence-electron chi connectivity index (χ2n) is 4.34. The van der Waals surface area contributed by atoms with Crippen molar-refractivity contribution in [3.05, 3.63) is 0 Å². The topological polar surface area (TPSA) is 69.1 Å². The molecule has 3 heteroatoms. The Balaban J connectivity index is 1.76. The predicted molar refractivity (Wildman–Crippen MR) is 46.1 cm³/mol. The Hall–Kier alpha value is -0.570. The average Bonchev–Trinajstić information content (AvgIpc) is 2.59. The number of fused-ring (bicyclic) bond motifs is 1. The van der Waals surface area contributed by atoms with Crippen LogP contribution in [-0.4, -0.2) is 11.9 Å². The van der Waals surface area contributed by atoms with Gasteiger partial charge in [0, 0.05) is 0 Å². The molecule has 0 aromatic heterocycles. The van der Waals surface area contributed by atoms with Gasteiger partial charge in [0.15, 0.2) is 0 Å². The van der Waals surface area contributed by atoms with Gasteiger partial charge >= 0.3 is 0 Å². The summed E-state index contributed by atoms with van der Waals surface area (Å²) in [5.41, 5.74) is 10.7. The fourth-order valence-electron chi connectivity index (χ4n) is 2.51. The molecule has 0 radical (unpaired) electrons. The smallest absolute Gasteiger partial charge is 0.234 e. The molecule has 2 fully saturated rings. The second kappa shape index (κ2) is 2.73. The van der Waals surface area contributed by atoms with Gasteiger partial charge in [-0.15, -0.1) is 0 Å². The van der Waals surface area contributed by atoms with Crippen molar-refractivity contribution in [3.8, 4) is 0 Å². The van der Waals surface area contributed by atoms with E-state index in [1.807, 2.05) is 0 Å². The molecular weight excluding hydrogens is 152 g/mol. The van der Waals surface area contributed by atoms with Crippen LogP contribution in [-0.2, 0) is 4.79 Å². The van der Waals surface area contributed by atoms with Crippen molar-refractivity contribution in [1.82, 2.24) is 0 Å². The summed E-state index contributed by atoms with van der Waals surface area (Å²) < 4.78 is 0. The molecule has 68 valence electrons. The van der Waals surface area contributed by atoms with Crippen LogP contribution in [0.15, 0.2) is 0 Å². The van der Waals surface area contributed by atoms with Crippen LogP contribution in [0.5, 0.6) is 0 Å². The van der Waals surface area contributed by atoms with Crippen LogP contribution in [0.4, 0.5) is 0 Å². The third-order valence-electron chi connectivity index (χ3n) is 3.29. The zero-order chi connectivity index (χ0) is 8.72. The van der Waals surface area contributed by atoms with Crippen LogP contribution < -0.4 is 11.5 Å². The maximum absolute atomic E-state index is 10.7. The lowest BCUT2D eigenvalue weighted by molar-refractivity contribution is -0.119. The zero-order valence-electron chi connectivity index (χ0n) is 7.20. The first-order valence-corrected chi connectivity index (χ1v) is 4.71. The molecule has 3 nitrogen and oxygen atoms in total. The zero-order valence-corrected chi connectivity index (χ0v) is 7.20. The molecule has 2 unspecified atom stereocenters. The van der Waals surface area contributed by atoms with E-state index in [4.69, 9.17) is 11.5 Å². The lowest BCUT2D eigenvalue weighted by Crippen LogP contribution is -2.37. The van der Waals surface area contributed by atoms with Crippen LogP contribution in [0.2, 0.25) is 0 Å². The van der Waals surface area contributed by atoms with Crippen LogP contribution in [0.3, 0.4) is 0 Å². The summed E-state index contributed by atoms with van der Waals surface area (Å²) in [7, 11) is 0. The summed E-state index contributed by atoms with van der Waals surface area (Å²) >= 11 is 0. The molecule has 0 aromatic carbocycles. The predicted octanol–water partition coefficient (Wildman–Crippen LogP) is 0.235.